The third-order valence-electron chi connectivity index (χ3n) is 2.50. The van der Waals surface area contributed by atoms with E-state index in [0.717, 1.165) is 6.42 Å². The van der Waals surface area contributed by atoms with Crippen molar-refractivity contribution in [2.75, 3.05) is 5.75 Å². The van der Waals surface area contributed by atoms with E-state index < -0.39 is 0 Å². The molecule has 72 valence electrons. The smallest absolute Gasteiger partial charge is 0.0658 e. The molecule has 0 bridgehead atoms. The highest BCUT2D eigenvalue weighted by Gasteiger charge is 2.24. The Bertz CT molecular complexity index is 116. The van der Waals surface area contributed by atoms with E-state index in [1.165, 1.54) is 37.9 Å². The highest BCUT2D eigenvalue weighted by molar-refractivity contribution is 7.99. The minimum atomic E-state index is -0.00312. The van der Waals surface area contributed by atoms with Crippen LogP contribution in [0.1, 0.15) is 45.4 Å². The van der Waals surface area contributed by atoms with Crippen molar-refractivity contribution < 1.29 is 5.11 Å². The Morgan fingerprint density at radius 3 is 2.75 bits per heavy atom. The minimum Gasteiger partial charge on any atom is -0.392 e. The van der Waals surface area contributed by atoms with Gasteiger partial charge in [-0.1, -0.05) is 19.8 Å². The van der Waals surface area contributed by atoms with Crippen LogP contribution in [0, 0.1) is 0 Å². The predicted molar refractivity (Wildman–Crippen MR) is 55.6 cm³/mol. The van der Waals surface area contributed by atoms with Crippen LogP contribution in [-0.2, 0) is 0 Å². The Balaban J connectivity index is 1.98. The molecule has 0 aromatic heterocycles. The van der Waals surface area contributed by atoms with Crippen LogP contribution in [-0.4, -0.2) is 22.2 Å². The van der Waals surface area contributed by atoms with Crippen molar-refractivity contribution in [2.45, 2.75) is 56.8 Å². The van der Waals surface area contributed by atoms with Crippen molar-refractivity contribution in [3.63, 3.8) is 0 Å². The quantitative estimate of drug-likeness (QED) is 0.669. The Morgan fingerprint density at radius 1 is 1.33 bits per heavy atom. The van der Waals surface area contributed by atoms with Gasteiger partial charge in [0.25, 0.3) is 0 Å². The van der Waals surface area contributed by atoms with Crippen LogP contribution < -0.4 is 0 Å². The summed E-state index contributed by atoms with van der Waals surface area (Å²) in [6.07, 6.45) is 7.46. The van der Waals surface area contributed by atoms with Crippen LogP contribution in [0.4, 0.5) is 0 Å². The van der Waals surface area contributed by atoms with E-state index in [0.29, 0.717) is 5.25 Å². The summed E-state index contributed by atoms with van der Waals surface area (Å²) in [7, 11) is 0. The number of thioether (sulfide) groups is 1. The van der Waals surface area contributed by atoms with Crippen LogP contribution in [0.2, 0.25) is 0 Å². The van der Waals surface area contributed by atoms with Crippen molar-refractivity contribution in [1.82, 2.24) is 0 Å². The number of rotatable bonds is 5. The van der Waals surface area contributed by atoms with Crippen molar-refractivity contribution in [2.24, 2.45) is 0 Å². The molecule has 2 heteroatoms. The van der Waals surface area contributed by atoms with Crippen LogP contribution in [0.25, 0.3) is 0 Å². The highest BCUT2D eigenvalue weighted by Crippen LogP contribution is 2.30. The first-order valence-electron chi connectivity index (χ1n) is 5.14. The number of hydrogen-bond acceptors (Lipinski definition) is 2. The molecule has 0 aliphatic heterocycles. The average molecular weight is 188 g/mol. The van der Waals surface area contributed by atoms with Gasteiger partial charge in [0.15, 0.2) is 0 Å². The van der Waals surface area contributed by atoms with E-state index in [1.54, 1.807) is 0 Å². The van der Waals surface area contributed by atoms with Gasteiger partial charge in [0.05, 0.1) is 6.10 Å². The minimum absolute atomic E-state index is 0.00312. The van der Waals surface area contributed by atoms with E-state index in [2.05, 4.69) is 6.92 Å². The van der Waals surface area contributed by atoms with Gasteiger partial charge in [-0.3, -0.25) is 0 Å². The maximum Gasteiger partial charge on any atom is 0.0658 e. The normalized spacial score (nSPS) is 29.5. The summed E-state index contributed by atoms with van der Waals surface area (Å²) in [6.45, 7) is 2.23. The lowest BCUT2D eigenvalue weighted by atomic mass is 10.3. The van der Waals surface area contributed by atoms with Gasteiger partial charge in [0.2, 0.25) is 0 Å². The van der Waals surface area contributed by atoms with Crippen molar-refractivity contribution >= 4 is 11.8 Å². The lowest BCUT2D eigenvalue weighted by Crippen LogP contribution is -2.15. The Hall–Kier alpha value is 0.310. The standard InChI is InChI=1S/C10H20OS/c1-2-3-4-8-12-10-7-5-6-9(10)11/h9-11H,2-8H2,1H3/t9-,10-/m1/s1. The van der Waals surface area contributed by atoms with E-state index in [1.807, 2.05) is 11.8 Å². The molecule has 0 aromatic rings. The van der Waals surface area contributed by atoms with E-state index in [4.69, 9.17) is 0 Å². The average Bonchev–Trinajstić information content (AvgIpc) is 2.46. The maximum absolute atomic E-state index is 9.52. The maximum atomic E-state index is 9.52. The van der Waals surface area contributed by atoms with Gasteiger partial charge in [-0.15, -0.1) is 0 Å². The summed E-state index contributed by atoms with van der Waals surface area (Å²) >= 11 is 1.98. The topological polar surface area (TPSA) is 20.2 Å². The van der Waals surface area contributed by atoms with Gasteiger partial charge in [0.1, 0.15) is 0 Å². The molecule has 2 atom stereocenters. The zero-order chi connectivity index (χ0) is 8.81. The molecule has 0 amide bonds. The molecule has 1 N–H and O–H groups in total. The van der Waals surface area contributed by atoms with Crippen LogP contribution in [0.5, 0.6) is 0 Å². The summed E-state index contributed by atoms with van der Waals surface area (Å²) in [4.78, 5) is 0. The Labute approximate surface area is 79.9 Å². The number of aliphatic hydroxyl groups is 1. The molecule has 0 spiro atoms. The zero-order valence-electron chi connectivity index (χ0n) is 7.96. The molecule has 0 radical (unpaired) electrons. The van der Waals surface area contributed by atoms with Gasteiger partial charge in [-0.25, -0.2) is 0 Å². The van der Waals surface area contributed by atoms with Gasteiger partial charge in [0, 0.05) is 5.25 Å². The summed E-state index contributed by atoms with van der Waals surface area (Å²) in [6, 6.07) is 0. The van der Waals surface area contributed by atoms with Gasteiger partial charge in [-0.2, -0.15) is 11.8 Å². The second-order valence-corrected chi connectivity index (χ2v) is 4.96. The molecule has 1 rings (SSSR count). The highest BCUT2D eigenvalue weighted by atomic mass is 32.2. The molecule has 1 aliphatic carbocycles. The van der Waals surface area contributed by atoms with Crippen LogP contribution >= 0.6 is 11.8 Å². The van der Waals surface area contributed by atoms with Gasteiger partial charge < -0.3 is 5.11 Å². The Morgan fingerprint density at radius 2 is 2.17 bits per heavy atom. The second-order valence-electron chi connectivity index (χ2n) is 3.61. The largest absolute Gasteiger partial charge is 0.392 e. The summed E-state index contributed by atoms with van der Waals surface area (Å²) in [5.74, 6) is 1.25. The summed E-state index contributed by atoms with van der Waals surface area (Å²) in [5.41, 5.74) is 0. The first-order valence-corrected chi connectivity index (χ1v) is 6.19. The lowest BCUT2D eigenvalue weighted by Gasteiger charge is -2.13. The molecule has 1 saturated carbocycles. The third kappa shape index (κ3) is 3.36. The van der Waals surface area contributed by atoms with Crippen LogP contribution in [0.3, 0.4) is 0 Å². The molecule has 0 heterocycles. The van der Waals surface area contributed by atoms with Gasteiger partial charge >= 0.3 is 0 Å². The van der Waals surface area contributed by atoms with E-state index >= 15 is 0 Å². The van der Waals surface area contributed by atoms with E-state index in [-0.39, 0.29) is 6.10 Å². The third-order valence-corrected chi connectivity index (χ3v) is 4.00. The molecular formula is C10H20OS. The fourth-order valence-electron chi connectivity index (χ4n) is 1.69. The fourth-order valence-corrected chi connectivity index (χ4v) is 3.05. The lowest BCUT2D eigenvalue weighted by molar-refractivity contribution is 0.188. The number of unbranched alkanes of at least 4 members (excludes halogenated alkanes) is 2. The van der Waals surface area contributed by atoms with Crippen molar-refractivity contribution in [3.8, 4) is 0 Å². The Kier molecular flexibility index (Phi) is 5.08. The molecule has 0 saturated heterocycles. The molecule has 12 heavy (non-hydrogen) atoms. The molecule has 1 fully saturated rings. The monoisotopic (exact) mass is 188 g/mol. The SMILES string of the molecule is CCCCCS[C@@H]1CCC[C@H]1O. The molecular weight excluding hydrogens is 168 g/mol. The molecule has 0 aromatic carbocycles. The first kappa shape index (κ1) is 10.4. The molecule has 0 unspecified atom stereocenters. The number of aliphatic hydroxyl groups excluding tert-OH is 1. The van der Waals surface area contributed by atoms with Crippen LogP contribution in [0.15, 0.2) is 0 Å². The first-order chi connectivity index (χ1) is 5.84. The zero-order valence-corrected chi connectivity index (χ0v) is 8.78. The summed E-state index contributed by atoms with van der Waals surface area (Å²) < 4.78 is 0. The van der Waals surface area contributed by atoms with Crippen molar-refractivity contribution in [3.05, 3.63) is 0 Å². The van der Waals surface area contributed by atoms with E-state index in [9.17, 15) is 5.11 Å². The summed E-state index contributed by atoms with van der Waals surface area (Å²) in [5, 5.41) is 10.1. The second kappa shape index (κ2) is 5.87. The molecule has 1 nitrogen and oxygen atoms in total. The van der Waals surface area contributed by atoms with Crippen molar-refractivity contribution in [1.29, 1.82) is 0 Å². The molecule has 1 aliphatic rings. The number of hydrogen-bond donors (Lipinski definition) is 1. The predicted octanol–water partition coefficient (Wildman–Crippen LogP) is 2.82. The van der Waals surface area contributed by atoms with Gasteiger partial charge in [-0.05, 0) is 31.4 Å². The fraction of sp³-hybridized carbons (Fsp3) is 1.00.